The molecular weight excluding hydrogens is 254 g/mol. The Hall–Kier alpha value is -1.60. The summed E-state index contributed by atoms with van der Waals surface area (Å²) in [7, 11) is 4.41. The van der Waals surface area contributed by atoms with Gasteiger partial charge in [0.05, 0.1) is 0 Å². The zero-order valence-corrected chi connectivity index (χ0v) is 13.5. The molecule has 3 rings (SSSR count). The lowest BCUT2D eigenvalue weighted by molar-refractivity contribution is 0.132. The van der Waals surface area contributed by atoms with Gasteiger partial charge in [-0.05, 0) is 50.0 Å². The minimum absolute atomic E-state index is 0.0299. The van der Waals surface area contributed by atoms with Gasteiger partial charge >= 0.3 is 0 Å². The highest BCUT2D eigenvalue weighted by molar-refractivity contribution is 5.43. The van der Waals surface area contributed by atoms with Gasteiger partial charge in [-0.15, -0.1) is 0 Å². The van der Waals surface area contributed by atoms with Crippen LogP contribution in [0.1, 0.15) is 48.8 Å². The standard InChI is InChI=1S/C20H25N/c1-15-14-19(18-13-9-8-12-17(15)18)20(2,21(3)4)16-10-6-5-7-11-16/h5-13,15,19H,14H2,1-4H3. The largest absolute Gasteiger partial charge is 0.299 e. The van der Waals surface area contributed by atoms with Gasteiger partial charge in [-0.3, -0.25) is 4.90 Å². The monoisotopic (exact) mass is 279 g/mol. The molecule has 1 heteroatoms. The highest BCUT2D eigenvalue weighted by Gasteiger charge is 2.43. The second kappa shape index (κ2) is 5.31. The summed E-state index contributed by atoms with van der Waals surface area (Å²) in [6.45, 7) is 4.75. The highest BCUT2D eigenvalue weighted by Crippen LogP contribution is 2.51. The van der Waals surface area contributed by atoms with E-state index in [0.717, 1.165) is 0 Å². The quantitative estimate of drug-likeness (QED) is 0.783. The summed E-state index contributed by atoms with van der Waals surface area (Å²) < 4.78 is 0. The third-order valence-electron chi connectivity index (χ3n) is 5.46. The fraction of sp³-hybridized carbons (Fsp3) is 0.400. The molecule has 0 heterocycles. The minimum Gasteiger partial charge on any atom is -0.299 e. The maximum Gasteiger partial charge on any atom is 0.0495 e. The Morgan fingerprint density at radius 1 is 0.905 bits per heavy atom. The average Bonchev–Trinajstić information content (AvgIpc) is 2.85. The van der Waals surface area contributed by atoms with Crippen LogP contribution < -0.4 is 0 Å². The van der Waals surface area contributed by atoms with Crippen LogP contribution >= 0.6 is 0 Å². The van der Waals surface area contributed by atoms with E-state index in [1.54, 1.807) is 0 Å². The molecule has 0 aromatic heterocycles. The minimum atomic E-state index is 0.0299. The Labute approximate surface area is 128 Å². The molecule has 0 N–H and O–H groups in total. The highest BCUT2D eigenvalue weighted by atomic mass is 15.1. The van der Waals surface area contributed by atoms with Crippen molar-refractivity contribution in [1.82, 2.24) is 4.90 Å². The first-order chi connectivity index (χ1) is 10.0. The van der Waals surface area contributed by atoms with Crippen molar-refractivity contribution < 1.29 is 0 Å². The summed E-state index contributed by atoms with van der Waals surface area (Å²) in [5, 5.41) is 0. The zero-order chi connectivity index (χ0) is 15.0. The van der Waals surface area contributed by atoms with Gasteiger partial charge in [0.25, 0.3) is 0 Å². The molecule has 3 unspecified atom stereocenters. The molecular formula is C20H25N. The molecule has 0 bridgehead atoms. The molecule has 0 saturated carbocycles. The number of fused-ring (bicyclic) bond motifs is 1. The van der Waals surface area contributed by atoms with Crippen molar-refractivity contribution >= 4 is 0 Å². The molecule has 0 aliphatic heterocycles. The van der Waals surface area contributed by atoms with Crippen molar-refractivity contribution in [3.8, 4) is 0 Å². The predicted octanol–water partition coefficient (Wildman–Crippen LogP) is 4.75. The van der Waals surface area contributed by atoms with Crippen LogP contribution in [0.4, 0.5) is 0 Å². The van der Waals surface area contributed by atoms with Crippen molar-refractivity contribution in [3.05, 3.63) is 71.3 Å². The molecule has 0 radical (unpaired) electrons. The van der Waals surface area contributed by atoms with Crippen LogP contribution in [-0.2, 0) is 5.54 Å². The average molecular weight is 279 g/mol. The third-order valence-corrected chi connectivity index (χ3v) is 5.46. The maximum absolute atomic E-state index is 2.39. The molecule has 1 aliphatic rings. The number of likely N-dealkylation sites (N-methyl/N-ethyl adjacent to an activating group) is 1. The maximum atomic E-state index is 2.39. The van der Waals surface area contributed by atoms with E-state index in [-0.39, 0.29) is 5.54 Å². The molecule has 0 fully saturated rings. The molecule has 110 valence electrons. The normalized spacial score (nSPS) is 23.9. The van der Waals surface area contributed by atoms with E-state index in [1.807, 2.05) is 0 Å². The number of benzene rings is 2. The topological polar surface area (TPSA) is 3.24 Å². The van der Waals surface area contributed by atoms with E-state index < -0.39 is 0 Å². The summed E-state index contributed by atoms with van der Waals surface area (Å²) in [5.74, 6) is 1.19. The number of rotatable bonds is 3. The summed E-state index contributed by atoms with van der Waals surface area (Å²) in [6, 6.07) is 19.9. The summed E-state index contributed by atoms with van der Waals surface area (Å²) in [5.41, 5.74) is 4.50. The van der Waals surface area contributed by atoms with Crippen LogP contribution in [-0.4, -0.2) is 19.0 Å². The lowest BCUT2D eigenvalue weighted by Crippen LogP contribution is -2.43. The Morgan fingerprint density at radius 3 is 2.10 bits per heavy atom. The SMILES string of the molecule is CC1CC(C(C)(c2ccccc2)N(C)C)c2ccccc21. The zero-order valence-electron chi connectivity index (χ0n) is 13.5. The lowest BCUT2D eigenvalue weighted by atomic mass is 9.75. The molecule has 3 atom stereocenters. The van der Waals surface area contributed by atoms with Gasteiger partial charge in [-0.25, -0.2) is 0 Å². The molecule has 2 aromatic carbocycles. The summed E-state index contributed by atoms with van der Waals surface area (Å²) in [4.78, 5) is 2.39. The molecule has 21 heavy (non-hydrogen) atoms. The first-order valence-electron chi connectivity index (χ1n) is 7.87. The van der Waals surface area contributed by atoms with Gasteiger partial charge in [0, 0.05) is 11.5 Å². The Kier molecular flexibility index (Phi) is 3.62. The fourth-order valence-electron chi connectivity index (χ4n) is 3.96. The van der Waals surface area contributed by atoms with E-state index in [2.05, 4.69) is 87.4 Å². The van der Waals surface area contributed by atoms with Gasteiger partial charge < -0.3 is 0 Å². The van der Waals surface area contributed by atoms with Crippen molar-refractivity contribution in [3.63, 3.8) is 0 Å². The first-order valence-corrected chi connectivity index (χ1v) is 7.87. The van der Waals surface area contributed by atoms with Crippen LogP contribution in [0.3, 0.4) is 0 Å². The van der Waals surface area contributed by atoms with Crippen molar-refractivity contribution in [1.29, 1.82) is 0 Å². The van der Waals surface area contributed by atoms with Crippen molar-refractivity contribution in [2.24, 2.45) is 0 Å². The number of nitrogens with zero attached hydrogens (tertiary/aromatic N) is 1. The third kappa shape index (κ3) is 2.20. The van der Waals surface area contributed by atoms with E-state index in [9.17, 15) is 0 Å². The van der Waals surface area contributed by atoms with Crippen molar-refractivity contribution in [2.75, 3.05) is 14.1 Å². The molecule has 0 saturated heterocycles. The van der Waals surface area contributed by atoms with Gasteiger partial charge in [0.1, 0.15) is 0 Å². The first kappa shape index (κ1) is 14.3. The van der Waals surface area contributed by atoms with E-state index in [1.165, 1.54) is 23.1 Å². The van der Waals surface area contributed by atoms with Gasteiger partial charge in [0.15, 0.2) is 0 Å². The number of hydrogen-bond acceptors (Lipinski definition) is 1. The van der Waals surface area contributed by atoms with Crippen LogP contribution in [0.2, 0.25) is 0 Å². The fourth-order valence-corrected chi connectivity index (χ4v) is 3.96. The smallest absolute Gasteiger partial charge is 0.0495 e. The molecule has 0 amide bonds. The van der Waals surface area contributed by atoms with E-state index in [0.29, 0.717) is 11.8 Å². The predicted molar refractivity (Wildman–Crippen MR) is 89.7 cm³/mol. The van der Waals surface area contributed by atoms with Crippen LogP contribution in [0.15, 0.2) is 54.6 Å². The van der Waals surface area contributed by atoms with E-state index >= 15 is 0 Å². The van der Waals surface area contributed by atoms with Crippen LogP contribution in [0.5, 0.6) is 0 Å². The van der Waals surface area contributed by atoms with E-state index in [4.69, 9.17) is 0 Å². The van der Waals surface area contributed by atoms with Crippen molar-refractivity contribution in [2.45, 2.75) is 37.6 Å². The van der Waals surface area contributed by atoms with Crippen LogP contribution in [0.25, 0.3) is 0 Å². The second-order valence-corrected chi connectivity index (χ2v) is 6.73. The molecule has 1 aliphatic carbocycles. The van der Waals surface area contributed by atoms with Crippen LogP contribution in [0, 0.1) is 0 Å². The van der Waals surface area contributed by atoms with Gasteiger partial charge in [0.2, 0.25) is 0 Å². The Bertz CT molecular complexity index is 617. The summed E-state index contributed by atoms with van der Waals surface area (Å²) in [6.07, 6.45) is 1.23. The second-order valence-electron chi connectivity index (χ2n) is 6.73. The summed E-state index contributed by atoms with van der Waals surface area (Å²) >= 11 is 0. The Balaban J connectivity index is 2.12. The van der Waals surface area contributed by atoms with Gasteiger partial charge in [-0.2, -0.15) is 0 Å². The Morgan fingerprint density at radius 2 is 1.48 bits per heavy atom. The number of hydrogen-bond donors (Lipinski definition) is 0. The molecule has 0 spiro atoms. The molecule has 1 nitrogen and oxygen atoms in total. The van der Waals surface area contributed by atoms with Gasteiger partial charge in [-0.1, -0.05) is 61.5 Å². The lowest BCUT2D eigenvalue weighted by Gasteiger charge is -2.43. The molecule has 2 aromatic rings.